The normalized spacial score (nSPS) is 12.4. The van der Waals surface area contributed by atoms with Crippen LogP contribution in [0.1, 0.15) is 35.2 Å². The minimum Gasteiger partial charge on any atom is -0.306 e. The smallest absolute Gasteiger partial charge is 0.0639 e. The summed E-state index contributed by atoms with van der Waals surface area (Å²) in [5.41, 5.74) is 4.93. The third kappa shape index (κ3) is 3.54. The fourth-order valence-electron chi connectivity index (χ4n) is 2.27. The van der Waals surface area contributed by atoms with Gasteiger partial charge in [0.25, 0.3) is 0 Å². The zero-order chi connectivity index (χ0) is 14.7. The second-order valence-electron chi connectivity index (χ2n) is 5.18. The molecule has 2 rings (SSSR count). The summed E-state index contributed by atoms with van der Waals surface area (Å²) < 4.78 is 0. The van der Waals surface area contributed by atoms with E-state index in [0.717, 1.165) is 12.1 Å². The minimum absolute atomic E-state index is 0.155. The van der Waals surface area contributed by atoms with Gasteiger partial charge in [0, 0.05) is 12.6 Å². The molecule has 3 heteroatoms. The van der Waals surface area contributed by atoms with E-state index in [0.29, 0.717) is 10.0 Å². The first-order valence-electron chi connectivity index (χ1n) is 6.72. The van der Waals surface area contributed by atoms with Crippen molar-refractivity contribution in [2.75, 3.05) is 0 Å². The van der Waals surface area contributed by atoms with Gasteiger partial charge in [0.2, 0.25) is 0 Å². The zero-order valence-electron chi connectivity index (χ0n) is 12.0. The molecule has 1 atom stereocenters. The minimum atomic E-state index is 0.155. The monoisotopic (exact) mass is 307 g/mol. The van der Waals surface area contributed by atoms with E-state index < -0.39 is 0 Å². The van der Waals surface area contributed by atoms with Gasteiger partial charge in [0.15, 0.2) is 0 Å². The molecule has 0 fully saturated rings. The average molecular weight is 308 g/mol. The molecular formula is C17H19Cl2N. The quantitative estimate of drug-likeness (QED) is 0.790. The molecule has 2 aromatic carbocycles. The summed E-state index contributed by atoms with van der Waals surface area (Å²) in [5.74, 6) is 0. The van der Waals surface area contributed by atoms with Gasteiger partial charge in [-0.1, -0.05) is 59.1 Å². The van der Waals surface area contributed by atoms with E-state index in [1.165, 1.54) is 16.7 Å². The van der Waals surface area contributed by atoms with Crippen molar-refractivity contribution in [2.45, 2.75) is 33.4 Å². The molecule has 0 aliphatic heterocycles. The maximum Gasteiger partial charge on any atom is 0.0639 e. The summed E-state index contributed by atoms with van der Waals surface area (Å²) in [6.07, 6.45) is 0. The van der Waals surface area contributed by atoms with Gasteiger partial charge in [-0.05, 0) is 43.5 Å². The van der Waals surface area contributed by atoms with Crippen LogP contribution in [0.25, 0.3) is 0 Å². The van der Waals surface area contributed by atoms with Crippen LogP contribution in [0.4, 0.5) is 0 Å². The Balaban J connectivity index is 2.08. The van der Waals surface area contributed by atoms with Gasteiger partial charge >= 0.3 is 0 Å². The number of nitrogens with one attached hydrogen (secondary N) is 1. The lowest BCUT2D eigenvalue weighted by Gasteiger charge is -2.17. The first-order chi connectivity index (χ1) is 9.49. The van der Waals surface area contributed by atoms with Crippen molar-refractivity contribution >= 4 is 23.2 Å². The van der Waals surface area contributed by atoms with Crippen LogP contribution in [0.15, 0.2) is 36.4 Å². The van der Waals surface area contributed by atoms with Crippen molar-refractivity contribution in [3.8, 4) is 0 Å². The van der Waals surface area contributed by atoms with Crippen molar-refractivity contribution in [1.82, 2.24) is 5.32 Å². The third-order valence-electron chi connectivity index (χ3n) is 3.54. The zero-order valence-corrected chi connectivity index (χ0v) is 13.5. The molecule has 1 nitrogen and oxygen atoms in total. The van der Waals surface area contributed by atoms with E-state index in [4.69, 9.17) is 23.2 Å². The number of aryl methyl sites for hydroxylation is 2. The van der Waals surface area contributed by atoms with Gasteiger partial charge in [-0.15, -0.1) is 0 Å². The largest absolute Gasteiger partial charge is 0.306 e. The molecule has 0 saturated carbocycles. The Kier molecular flexibility index (Phi) is 5.09. The first kappa shape index (κ1) is 15.4. The van der Waals surface area contributed by atoms with Gasteiger partial charge in [-0.2, -0.15) is 0 Å². The Morgan fingerprint density at radius 2 is 1.85 bits per heavy atom. The second-order valence-corrected chi connectivity index (χ2v) is 5.96. The van der Waals surface area contributed by atoms with Gasteiger partial charge in [-0.25, -0.2) is 0 Å². The highest BCUT2D eigenvalue weighted by molar-refractivity contribution is 6.42. The molecule has 0 amide bonds. The SMILES string of the molecule is Cc1ccc(CNC(C)c2cccc(Cl)c2Cl)c(C)c1. The molecule has 20 heavy (non-hydrogen) atoms. The van der Waals surface area contributed by atoms with Crippen molar-refractivity contribution in [3.05, 3.63) is 68.7 Å². The Bertz CT molecular complexity index is 608. The van der Waals surface area contributed by atoms with Crippen LogP contribution >= 0.6 is 23.2 Å². The Hall–Kier alpha value is -1.02. The molecule has 0 bridgehead atoms. The molecule has 0 radical (unpaired) electrons. The molecule has 0 heterocycles. The summed E-state index contributed by atoms with van der Waals surface area (Å²) in [6, 6.07) is 12.4. The summed E-state index contributed by atoms with van der Waals surface area (Å²) in [6.45, 7) is 7.16. The Morgan fingerprint density at radius 3 is 2.55 bits per heavy atom. The molecule has 1 unspecified atom stereocenters. The molecule has 106 valence electrons. The topological polar surface area (TPSA) is 12.0 Å². The molecule has 0 spiro atoms. The van der Waals surface area contributed by atoms with Gasteiger partial charge < -0.3 is 5.32 Å². The fourth-order valence-corrected chi connectivity index (χ4v) is 2.74. The van der Waals surface area contributed by atoms with Crippen LogP contribution in [-0.2, 0) is 6.54 Å². The number of hydrogen-bond donors (Lipinski definition) is 1. The van der Waals surface area contributed by atoms with Crippen molar-refractivity contribution in [2.24, 2.45) is 0 Å². The van der Waals surface area contributed by atoms with Crippen LogP contribution in [0.2, 0.25) is 10.0 Å². The summed E-state index contributed by atoms with van der Waals surface area (Å²) in [7, 11) is 0. The first-order valence-corrected chi connectivity index (χ1v) is 7.48. The molecule has 1 N–H and O–H groups in total. The van der Waals surface area contributed by atoms with E-state index in [-0.39, 0.29) is 6.04 Å². The van der Waals surface area contributed by atoms with Crippen molar-refractivity contribution in [1.29, 1.82) is 0 Å². The maximum atomic E-state index is 6.25. The van der Waals surface area contributed by atoms with Crippen LogP contribution in [0.5, 0.6) is 0 Å². The number of rotatable bonds is 4. The predicted molar refractivity (Wildman–Crippen MR) is 87.6 cm³/mol. The highest BCUT2D eigenvalue weighted by Crippen LogP contribution is 2.29. The second kappa shape index (κ2) is 6.62. The molecule has 2 aromatic rings. The number of benzene rings is 2. The standard InChI is InChI=1S/C17H19Cl2N/c1-11-7-8-14(12(2)9-11)10-20-13(3)15-5-4-6-16(18)17(15)19/h4-9,13,20H,10H2,1-3H3. The lowest BCUT2D eigenvalue weighted by molar-refractivity contribution is 0.573. The Labute approximate surface area is 130 Å². The van der Waals surface area contributed by atoms with Crippen molar-refractivity contribution < 1.29 is 0 Å². The van der Waals surface area contributed by atoms with Crippen LogP contribution < -0.4 is 5.32 Å². The highest BCUT2D eigenvalue weighted by Gasteiger charge is 2.11. The van der Waals surface area contributed by atoms with Gasteiger partial charge in [-0.3, -0.25) is 0 Å². The third-order valence-corrected chi connectivity index (χ3v) is 4.38. The summed E-state index contributed by atoms with van der Waals surface area (Å²) in [4.78, 5) is 0. The highest BCUT2D eigenvalue weighted by atomic mass is 35.5. The van der Waals surface area contributed by atoms with Gasteiger partial charge in [0.05, 0.1) is 10.0 Å². The average Bonchev–Trinajstić information content (AvgIpc) is 2.40. The lowest BCUT2D eigenvalue weighted by atomic mass is 10.0. The van der Waals surface area contributed by atoms with E-state index in [1.807, 2.05) is 18.2 Å². The van der Waals surface area contributed by atoms with Crippen LogP contribution in [-0.4, -0.2) is 0 Å². The van der Waals surface area contributed by atoms with Crippen LogP contribution in [0.3, 0.4) is 0 Å². The van der Waals surface area contributed by atoms with Crippen molar-refractivity contribution in [3.63, 3.8) is 0 Å². The Morgan fingerprint density at radius 1 is 1.10 bits per heavy atom. The van der Waals surface area contributed by atoms with E-state index in [2.05, 4.69) is 44.3 Å². The molecule has 0 saturated heterocycles. The van der Waals surface area contributed by atoms with E-state index in [9.17, 15) is 0 Å². The lowest BCUT2D eigenvalue weighted by Crippen LogP contribution is -2.19. The van der Waals surface area contributed by atoms with Crippen LogP contribution in [0, 0.1) is 13.8 Å². The summed E-state index contributed by atoms with van der Waals surface area (Å²) in [5, 5.41) is 4.74. The number of hydrogen-bond acceptors (Lipinski definition) is 1. The molecule has 0 aromatic heterocycles. The van der Waals surface area contributed by atoms with E-state index >= 15 is 0 Å². The molecule has 0 aliphatic carbocycles. The fraction of sp³-hybridized carbons (Fsp3) is 0.294. The molecule has 0 aliphatic rings. The molecular weight excluding hydrogens is 289 g/mol. The summed E-state index contributed by atoms with van der Waals surface area (Å²) >= 11 is 12.3. The van der Waals surface area contributed by atoms with Gasteiger partial charge in [0.1, 0.15) is 0 Å². The predicted octanol–water partition coefficient (Wildman–Crippen LogP) is 5.46. The van der Waals surface area contributed by atoms with E-state index in [1.54, 1.807) is 0 Å². The number of halogens is 2. The maximum absolute atomic E-state index is 6.25.